The summed E-state index contributed by atoms with van der Waals surface area (Å²) in [5.41, 5.74) is -0.641. The maximum atomic E-state index is 12.7. The zero-order chi connectivity index (χ0) is 13.9. The molecule has 1 aliphatic carbocycles. The molecular weight excluding hydrogens is 240 g/mol. The van der Waals surface area contributed by atoms with E-state index in [1.54, 1.807) is 0 Å². The molecule has 4 heteroatoms. The van der Waals surface area contributed by atoms with Gasteiger partial charge in [-0.1, -0.05) is 26.2 Å². The zero-order valence-electron chi connectivity index (χ0n) is 12.2. The summed E-state index contributed by atoms with van der Waals surface area (Å²) in [6.07, 6.45) is 7.21. The number of nitrogens with one attached hydrogen (secondary N) is 1. The lowest BCUT2D eigenvalue weighted by Gasteiger charge is -2.32. The highest BCUT2D eigenvalue weighted by Crippen LogP contribution is 2.41. The smallest absolute Gasteiger partial charge is 0.248 e. The van der Waals surface area contributed by atoms with Crippen LogP contribution in [0.25, 0.3) is 0 Å². The number of rotatable bonds is 6. The van der Waals surface area contributed by atoms with Crippen molar-refractivity contribution in [2.75, 3.05) is 13.1 Å². The molecule has 0 aromatic rings. The summed E-state index contributed by atoms with van der Waals surface area (Å²) in [5.74, 6) is 0.511. The van der Waals surface area contributed by atoms with Gasteiger partial charge in [0.15, 0.2) is 0 Å². The second kappa shape index (κ2) is 5.93. The quantitative estimate of drug-likeness (QED) is 0.748. The van der Waals surface area contributed by atoms with E-state index in [0.717, 1.165) is 25.8 Å². The van der Waals surface area contributed by atoms with Crippen LogP contribution < -0.4 is 5.32 Å². The molecule has 2 aliphatic rings. The van der Waals surface area contributed by atoms with Crippen molar-refractivity contribution >= 4 is 11.8 Å². The molecule has 1 N–H and O–H groups in total. The molecule has 2 rings (SSSR count). The topological polar surface area (TPSA) is 49.4 Å². The van der Waals surface area contributed by atoms with Crippen LogP contribution in [0.2, 0.25) is 0 Å². The Bertz CT molecular complexity index is 352. The van der Waals surface area contributed by atoms with Crippen molar-refractivity contribution in [2.45, 2.75) is 64.3 Å². The van der Waals surface area contributed by atoms with Gasteiger partial charge in [-0.3, -0.25) is 9.59 Å². The van der Waals surface area contributed by atoms with E-state index in [2.05, 4.69) is 12.2 Å². The fourth-order valence-electron chi connectivity index (χ4n) is 2.95. The van der Waals surface area contributed by atoms with Crippen LogP contribution in [-0.2, 0) is 9.59 Å². The standard InChI is InChI=1S/C15H26N2O2/c1-3-4-5-6-10-17-11-9-13(18)16-15(2,14(17)19)12-7-8-12/h12H,3-11H2,1-2H3,(H,16,18). The first kappa shape index (κ1) is 14.4. The lowest BCUT2D eigenvalue weighted by atomic mass is 9.94. The number of nitrogens with zero attached hydrogens (tertiary/aromatic N) is 1. The van der Waals surface area contributed by atoms with Crippen molar-refractivity contribution in [3.8, 4) is 0 Å². The van der Waals surface area contributed by atoms with Gasteiger partial charge in [-0.25, -0.2) is 0 Å². The van der Waals surface area contributed by atoms with E-state index in [-0.39, 0.29) is 11.8 Å². The minimum Gasteiger partial charge on any atom is -0.342 e. The van der Waals surface area contributed by atoms with Crippen LogP contribution in [0.1, 0.15) is 58.8 Å². The van der Waals surface area contributed by atoms with Crippen LogP contribution in [0.5, 0.6) is 0 Å². The Morgan fingerprint density at radius 2 is 2.00 bits per heavy atom. The predicted molar refractivity (Wildman–Crippen MR) is 74.6 cm³/mol. The van der Waals surface area contributed by atoms with E-state index in [0.29, 0.717) is 18.9 Å². The average Bonchev–Trinajstić information content (AvgIpc) is 3.20. The first-order valence-corrected chi connectivity index (χ1v) is 7.68. The molecule has 0 aromatic heterocycles. The van der Waals surface area contributed by atoms with E-state index < -0.39 is 5.54 Å². The molecule has 4 nitrogen and oxygen atoms in total. The molecule has 1 unspecified atom stereocenters. The predicted octanol–water partition coefficient (Wildman–Crippen LogP) is 2.08. The van der Waals surface area contributed by atoms with Crippen LogP contribution in [0.3, 0.4) is 0 Å². The fraction of sp³-hybridized carbons (Fsp3) is 0.867. The molecule has 0 radical (unpaired) electrons. The molecule has 0 bridgehead atoms. The summed E-state index contributed by atoms with van der Waals surface area (Å²) in [6, 6.07) is 0. The van der Waals surface area contributed by atoms with Crippen molar-refractivity contribution in [3.63, 3.8) is 0 Å². The number of carbonyl (C=O) groups excluding carboxylic acids is 2. The Morgan fingerprint density at radius 1 is 1.26 bits per heavy atom. The molecule has 1 aliphatic heterocycles. The van der Waals surface area contributed by atoms with Crippen LogP contribution in [0, 0.1) is 5.92 Å². The molecule has 0 spiro atoms. The van der Waals surface area contributed by atoms with Gasteiger partial charge in [-0.15, -0.1) is 0 Å². The van der Waals surface area contributed by atoms with Gasteiger partial charge in [0.05, 0.1) is 0 Å². The first-order chi connectivity index (χ1) is 9.08. The van der Waals surface area contributed by atoms with E-state index in [1.165, 1.54) is 19.3 Å². The minimum atomic E-state index is -0.641. The number of hydrogen-bond acceptors (Lipinski definition) is 2. The summed E-state index contributed by atoms with van der Waals surface area (Å²) in [7, 11) is 0. The fourth-order valence-corrected chi connectivity index (χ4v) is 2.95. The van der Waals surface area contributed by atoms with Gasteiger partial charge in [-0.2, -0.15) is 0 Å². The molecular formula is C15H26N2O2. The lowest BCUT2D eigenvalue weighted by molar-refractivity contribution is -0.139. The van der Waals surface area contributed by atoms with E-state index in [4.69, 9.17) is 0 Å². The Kier molecular flexibility index (Phi) is 4.48. The number of carbonyl (C=O) groups is 2. The molecule has 19 heavy (non-hydrogen) atoms. The third kappa shape index (κ3) is 3.28. The molecule has 1 atom stereocenters. The van der Waals surface area contributed by atoms with Gasteiger partial charge >= 0.3 is 0 Å². The van der Waals surface area contributed by atoms with Crippen molar-refractivity contribution in [3.05, 3.63) is 0 Å². The monoisotopic (exact) mass is 266 g/mol. The van der Waals surface area contributed by atoms with Gasteiger partial charge in [0.2, 0.25) is 11.8 Å². The SMILES string of the molecule is CCCCCCN1CCC(=O)NC(C)(C2CC2)C1=O. The van der Waals surface area contributed by atoms with E-state index in [9.17, 15) is 9.59 Å². The second-order valence-corrected chi connectivity index (χ2v) is 6.13. The van der Waals surface area contributed by atoms with Crippen LogP contribution in [0.4, 0.5) is 0 Å². The van der Waals surface area contributed by atoms with Crippen LogP contribution in [0.15, 0.2) is 0 Å². The Balaban J connectivity index is 1.98. The maximum Gasteiger partial charge on any atom is 0.248 e. The summed E-state index contributed by atoms with van der Waals surface area (Å²) >= 11 is 0. The van der Waals surface area contributed by atoms with Crippen LogP contribution >= 0.6 is 0 Å². The largest absolute Gasteiger partial charge is 0.342 e. The Hall–Kier alpha value is -1.06. The average molecular weight is 266 g/mol. The number of amides is 2. The molecule has 2 fully saturated rings. The van der Waals surface area contributed by atoms with Crippen molar-refractivity contribution in [1.82, 2.24) is 10.2 Å². The van der Waals surface area contributed by atoms with E-state index in [1.807, 2.05) is 11.8 Å². The molecule has 1 saturated carbocycles. The number of hydrogen-bond donors (Lipinski definition) is 1. The van der Waals surface area contributed by atoms with Crippen molar-refractivity contribution < 1.29 is 9.59 Å². The zero-order valence-corrected chi connectivity index (χ0v) is 12.2. The first-order valence-electron chi connectivity index (χ1n) is 7.68. The summed E-state index contributed by atoms with van der Waals surface area (Å²) in [4.78, 5) is 26.4. The molecule has 108 valence electrons. The normalized spacial score (nSPS) is 28.2. The van der Waals surface area contributed by atoms with E-state index >= 15 is 0 Å². The molecule has 1 heterocycles. The number of unbranched alkanes of at least 4 members (excludes halogenated alkanes) is 3. The van der Waals surface area contributed by atoms with Gasteiger partial charge in [0.25, 0.3) is 0 Å². The van der Waals surface area contributed by atoms with Gasteiger partial charge in [-0.05, 0) is 32.1 Å². The maximum absolute atomic E-state index is 12.7. The third-order valence-corrected chi connectivity index (χ3v) is 4.41. The molecule has 1 saturated heterocycles. The summed E-state index contributed by atoms with van der Waals surface area (Å²) in [6.45, 7) is 5.48. The highest BCUT2D eigenvalue weighted by atomic mass is 16.2. The minimum absolute atomic E-state index is 0.0267. The third-order valence-electron chi connectivity index (χ3n) is 4.41. The summed E-state index contributed by atoms with van der Waals surface area (Å²) < 4.78 is 0. The lowest BCUT2D eigenvalue weighted by Crippen LogP contribution is -2.56. The molecule has 0 aromatic carbocycles. The Morgan fingerprint density at radius 3 is 2.63 bits per heavy atom. The Labute approximate surface area is 115 Å². The molecule has 2 amide bonds. The van der Waals surface area contributed by atoms with Gasteiger partial charge in [0, 0.05) is 19.5 Å². The van der Waals surface area contributed by atoms with Crippen molar-refractivity contribution in [1.29, 1.82) is 0 Å². The highest BCUT2D eigenvalue weighted by molar-refractivity contribution is 5.93. The van der Waals surface area contributed by atoms with Crippen molar-refractivity contribution in [2.24, 2.45) is 5.92 Å². The summed E-state index contributed by atoms with van der Waals surface area (Å²) in [5, 5.41) is 2.97. The van der Waals surface area contributed by atoms with Crippen LogP contribution in [-0.4, -0.2) is 35.3 Å². The van der Waals surface area contributed by atoms with Gasteiger partial charge < -0.3 is 10.2 Å². The van der Waals surface area contributed by atoms with Gasteiger partial charge in [0.1, 0.15) is 5.54 Å². The highest BCUT2D eigenvalue weighted by Gasteiger charge is 2.50. The second-order valence-electron chi connectivity index (χ2n) is 6.13.